The molecule has 0 unspecified atom stereocenters. The molecule has 0 aliphatic heterocycles. The number of carbonyl (C=O) groups is 1. The first kappa shape index (κ1) is 13.1. The van der Waals surface area contributed by atoms with E-state index in [1.54, 1.807) is 36.4 Å². The molecule has 0 saturated carbocycles. The number of allylic oxidation sites excluding steroid dienone is 1. The van der Waals surface area contributed by atoms with Crippen LogP contribution in [0.1, 0.15) is 21.5 Å². The SMILES string of the molecule is O=C1C(c2ccccc2)=C([O-])c2ccccc21.[Na+]. The normalized spacial score (nSPS) is 13.2. The molecule has 0 amide bonds. The van der Waals surface area contributed by atoms with Gasteiger partial charge in [0.05, 0.1) is 0 Å². The summed E-state index contributed by atoms with van der Waals surface area (Å²) in [5, 5.41) is 12.1. The summed E-state index contributed by atoms with van der Waals surface area (Å²) in [7, 11) is 0. The molecule has 0 bridgehead atoms. The van der Waals surface area contributed by atoms with Gasteiger partial charge in [0, 0.05) is 11.1 Å². The van der Waals surface area contributed by atoms with Crippen molar-refractivity contribution in [3.63, 3.8) is 0 Å². The Labute approximate surface area is 127 Å². The summed E-state index contributed by atoms with van der Waals surface area (Å²) in [5.41, 5.74) is 2.00. The molecule has 0 aromatic heterocycles. The molecule has 1 aliphatic rings. The molecule has 2 aromatic rings. The van der Waals surface area contributed by atoms with Crippen molar-refractivity contribution in [2.75, 3.05) is 0 Å². The van der Waals surface area contributed by atoms with Crippen molar-refractivity contribution in [3.05, 3.63) is 71.3 Å². The van der Waals surface area contributed by atoms with Crippen LogP contribution in [0.4, 0.5) is 0 Å². The van der Waals surface area contributed by atoms with E-state index in [0.717, 1.165) is 0 Å². The number of ketones is 1. The van der Waals surface area contributed by atoms with Crippen LogP contribution in [0.2, 0.25) is 0 Å². The minimum atomic E-state index is -0.170. The second-order valence-electron chi connectivity index (χ2n) is 3.94. The number of hydrogen-bond acceptors (Lipinski definition) is 2. The van der Waals surface area contributed by atoms with Gasteiger partial charge in [-0.2, -0.15) is 0 Å². The van der Waals surface area contributed by atoms with E-state index in [0.29, 0.717) is 16.7 Å². The summed E-state index contributed by atoms with van der Waals surface area (Å²) < 4.78 is 0. The maximum atomic E-state index is 12.1. The molecule has 0 radical (unpaired) electrons. The summed E-state index contributed by atoms with van der Waals surface area (Å²) in [6.07, 6.45) is 0. The van der Waals surface area contributed by atoms with E-state index in [-0.39, 0.29) is 46.7 Å². The van der Waals surface area contributed by atoms with Crippen molar-refractivity contribution < 1.29 is 39.5 Å². The summed E-state index contributed by atoms with van der Waals surface area (Å²) in [4.78, 5) is 12.1. The number of fused-ring (bicyclic) bond motifs is 1. The molecule has 2 nitrogen and oxygen atoms in total. The largest absolute Gasteiger partial charge is 1.00 e. The summed E-state index contributed by atoms with van der Waals surface area (Å²) in [5.74, 6) is -0.339. The van der Waals surface area contributed by atoms with Gasteiger partial charge in [0.15, 0.2) is 5.78 Å². The van der Waals surface area contributed by atoms with Gasteiger partial charge in [0.2, 0.25) is 0 Å². The molecule has 2 aromatic carbocycles. The molecule has 0 N–H and O–H groups in total. The molecule has 0 heterocycles. The Bertz CT molecular complexity index is 630. The van der Waals surface area contributed by atoms with Gasteiger partial charge in [0.1, 0.15) is 0 Å². The molecular formula is C15H9NaO2. The standard InChI is InChI=1S/C15H10O2.Na/c16-14-11-8-4-5-9-12(11)15(17)13(14)10-6-2-1-3-7-10;/h1-9,16H;/q;+1/p-1. The molecule has 3 heteroatoms. The van der Waals surface area contributed by atoms with Crippen LogP contribution in [-0.4, -0.2) is 5.78 Å². The third kappa shape index (κ3) is 1.93. The third-order valence-corrected chi connectivity index (χ3v) is 2.93. The molecule has 0 spiro atoms. The van der Waals surface area contributed by atoms with Crippen LogP contribution in [-0.2, 0) is 0 Å². The van der Waals surface area contributed by atoms with Crippen molar-refractivity contribution in [3.8, 4) is 0 Å². The Morgan fingerprint density at radius 3 is 1.94 bits per heavy atom. The fourth-order valence-corrected chi connectivity index (χ4v) is 2.12. The average molecular weight is 244 g/mol. The quantitative estimate of drug-likeness (QED) is 0.611. The zero-order valence-electron chi connectivity index (χ0n) is 10.0. The van der Waals surface area contributed by atoms with E-state index in [2.05, 4.69) is 0 Å². The number of hydrogen-bond donors (Lipinski definition) is 0. The van der Waals surface area contributed by atoms with Crippen molar-refractivity contribution in [1.82, 2.24) is 0 Å². The first-order valence-electron chi connectivity index (χ1n) is 5.40. The van der Waals surface area contributed by atoms with Gasteiger partial charge in [-0.3, -0.25) is 4.79 Å². The van der Waals surface area contributed by atoms with Crippen LogP contribution in [0.5, 0.6) is 0 Å². The van der Waals surface area contributed by atoms with Crippen LogP contribution in [0.15, 0.2) is 54.6 Å². The molecule has 0 fully saturated rings. The number of benzene rings is 2. The first-order valence-corrected chi connectivity index (χ1v) is 5.40. The molecule has 18 heavy (non-hydrogen) atoms. The molecule has 1 aliphatic carbocycles. The number of Topliss-reactive ketones (excluding diaryl/α,β-unsaturated/α-hetero) is 1. The van der Waals surface area contributed by atoms with Gasteiger partial charge in [-0.05, 0) is 11.1 Å². The second kappa shape index (κ2) is 5.11. The summed E-state index contributed by atoms with van der Waals surface area (Å²) in [6.45, 7) is 0. The maximum Gasteiger partial charge on any atom is 1.00 e. The zero-order chi connectivity index (χ0) is 11.8. The van der Waals surface area contributed by atoms with E-state index in [9.17, 15) is 9.90 Å². The summed E-state index contributed by atoms with van der Waals surface area (Å²) in [6, 6.07) is 16.0. The Balaban J connectivity index is 0.00000120. The molecule has 0 atom stereocenters. The Hall–Kier alpha value is -1.35. The van der Waals surface area contributed by atoms with Crippen molar-refractivity contribution >= 4 is 17.1 Å². The van der Waals surface area contributed by atoms with E-state index >= 15 is 0 Å². The smallest absolute Gasteiger partial charge is 0.872 e. The Morgan fingerprint density at radius 1 is 0.778 bits per heavy atom. The van der Waals surface area contributed by atoms with Gasteiger partial charge < -0.3 is 5.11 Å². The number of carbonyl (C=O) groups excluding carboxylic acids is 1. The van der Waals surface area contributed by atoms with Crippen LogP contribution >= 0.6 is 0 Å². The van der Waals surface area contributed by atoms with Gasteiger partial charge in [-0.25, -0.2) is 0 Å². The maximum absolute atomic E-state index is 12.1. The van der Waals surface area contributed by atoms with Gasteiger partial charge in [0.25, 0.3) is 0 Å². The minimum Gasteiger partial charge on any atom is -0.872 e. The first-order chi connectivity index (χ1) is 8.29. The summed E-state index contributed by atoms with van der Waals surface area (Å²) >= 11 is 0. The average Bonchev–Trinajstić information content (AvgIpc) is 2.64. The van der Waals surface area contributed by atoms with Crippen LogP contribution < -0.4 is 34.7 Å². The van der Waals surface area contributed by atoms with Crippen LogP contribution in [0, 0.1) is 0 Å². The predicted molar refractivity (Wildman–Crippen MR) is 64.0 cm³/mol. The molecule has 0 saturated heterocycles. The van der Waals surface area contributed by atoms with E-state index in [1.165, 1.54) is 0 Å². The van der Waals surface area contributed by atoms with Crippen LogP contribution in [0.25, 0.3) is 11.3 Å². The fraction of sp³-hybridized carbons (Fsp3) is 0. The van der Waals surface area contributed by atoms with Crippen molar-refractivity contribution in [1.29, 1.82) is 0 Å². The van der Waals surface area contributed by atoms with Gasteiger partial charge in [-0.15, -0.1) is 0 Å². The predicted octanol–water partition coefficient (Wildman–Crippen LogP) is -0.884. The van der Waals surface area contributed by atoms with Gasteiger partial charge in [-0.1, -0.05) is 60.4 Å². The van der Waals surface area contributed by atoms with Crippen molar-refractivity contribution in [2.24, 2.45) is 0 Å². The molecule has 82 valence electrons. The minimum absolute atomic E-state index is 0. The molecular weight excluding hydrogens is 235 g/mol. The monoisotopic (exact) mass is 244 g/mol. The molecule has 3 rings (SSSR count). The topological polar surface area (TPSA) is 40.1 Å². The third-order valence-electron chi connectivity index (χ3n) is 2.93. The van der Waals surface area contributed by atoms with Gasteiger partial charge >= 0.3 is 29.6 Å². The zero-order valence-corrected chi connectivity index (χ0v) is 12.0. The Kier molecular flexibility index (Phi) is 3.71. The second-order valence-corrected chi connectivity index (χ2v) is 3.94. The van der Waals surface area contributed by atoms with E-state index in [4.69, 9.17) is 0 Å². The van der Waals surface area contributed by atoms with Crippen molar-refractivity contribution in [2.45, 2.75) is 0 Å². The van der Waals surface area contributed by atoms with E-state index in [1.807, 2.05) is 18.2 Å². The van der Waals surface area contributed by atoms with E-state index < -0.39 is 0 Å². The number of rotatable bonds is 1. The Morgan fingerprint density at radius 2 is 1.33 bits per heavy atom. The fourth-order valence-electron chi connectivity index (χ4n) is 2.12. The van der Waals surface area contributed by atoms with Crippen LogP contribution in [0.3, 0.4) is 0 Å².